The van der Waals surface area contributed by atoms with E-state index in [2.05, 4.69) is 15.4 Å². The van der Waals surface area contributed by atoms with Gasteiger partial charge in [0.05, 0.1) is 6.20 Å². The Bertz CT molecular complexity index is 588. The molecular formula is C10H10N4O4S2. The molecule has 2 aliphatic heterocycles. The number of β-lactam (4-membered cyclic amide) rings is 1. The number of carbonyl (C=O) groups is 2. The van der Waals surface area contributed by atoms with Gasteiger partial charge in [-0.15, -0.1) is 16.9 Å². The number of rotatable bonds is 4. The molecular weight excluding hydrogens is 304 g/mol. The molecule has 10 heteroatoms. The molecule has 1 amide bonds. The Morgan fingerprint density at radius 3 is 3.10 bits per heavy atom. The van der Waals surface area contributed by atoms with Crippen LogP contribution < -0.4 is 0 Å². The summed E-state index contributed by atoms with van der Waals surface area (Å²) in [4.78, 5) is 24.2. The smallest absolute Gasteiger partial charge is 0.352 e. The van der Waals surface area contributed by atoms with Gasteiger partial charge in [0, 0.05) is 11.5 Å². The Hall–Kier alpha value is -1.52. The minimum atomic E-state index is -1.15. The molecule has 0 radical (unpaired) electrons. The van der Waals surface area contributed by atoms with E-state index in [1.165, 1.54) is 28.4 Å². The first-order valence-electron chi connectivity index (χ1n) is 5.67. The van der Waals surface area contributed by atoms with E-state index in [1.54, 1.807) is 6.20 Å². The number of aromatic nitrogens is 3. The Labute approximate surface area is 121 Å². The highest BCUT2D eigenvalue weighted by Crippen LogP contribution is 2.41. The Morgan fingerprint density at radius 1 is 1.65 bits per heavy atom. The number of carboxylic acid groups (broad SMARTS) is 1. The van der Waals surface area contributed by atoms with Crippen molar-refractivity contribution in [2.75, 3.05) is 11.5 Å². The zero-order chi connectivity index (χ0) is 14.3. The van der Waals surface area contributed by atoms with E-state index >= 15 is 0 Å². The number of carboxylic acids is 1. The van der Waals surface area contributed by atoms with E-state index in [-0.39, 0.29) is 5.70 Å². The number of carbonyl (C=O) groups excluding carboxylic acids is 1. The molecule has 20 heavy (non-hydrogen) atoms. The predicted octanol–water partition coefficient (Wildman–Crippen LogP) is -0.489. The van der Waals surface area contributed by atoms with Gasteiger partial charge in [-0.25, -0.2) is 4.79 Å². The average Bonchev–Trinajstić information content (AvgIpc) is 2.96. The number of hydrogen-bond donors (Lipinski definition) is 3. The first-order valence-corrected chi connectivity index (χ1v) is 7.70. The fraction of sp³-hybridized carbons (Fsp3) is 0.400. The van der Waals surface area contributed by atoms with Gasteiger partial charge in [0.1, 0.15) is 16.1 Å². The van der Waals surface area contributed by atoms with Crippen molar-refractivity contribution in [2.24, 2.45) is 0 Å². The van der Waals surface area contributed by atoms with Crippen LogP contribution in [0.3, 0.4) is 0 Å². The first-order chi connectivity index (χ1) is 9.59. The van der Waals surface area contributed by atoms with Crippen molar-refractivity contribution in [1.82, 2.24) is 20.3 Å². The SMILES string of the molecule is O=C(O)C1=C(CSc2c[nH]nn2)CS[C@@H]2[C@H](O)C(=O)N12. The lowest BCUT2D eigenvalue weighted by atomic mass is 10.1. The lowest BCUT2D eigenvalue weighted by Gasteiger charge is -2.47. The highest BCUT2D eigenvalue weighted by molar-refractivity contribution is 8.01. The molecule has 8 nitrogen and oxygen atoms in total. The van der Waals surface area contributed by atoms with Crippen LogP contribution in [0, 0.1) is 0 Å². The van der Waals surface area contributed by atoms with Crippen LogP contribution in [0.15, 0.2) is 22.5 Å². The maximum atomic E-state index is 11.6. The molecule has 0 unspecified atom stereocenters. The second-order valence-electron chi connectivity index (χ2n) is 4.21. The Balaban J connectivity index is 1.82. The third-order valence-corrected chi connectivity index (χ3v) is 5.32. The minimum absolute atomic E-state index is 0.0138. The highest BCUT2D eigenvalue weighted by Gasteiger charge is 2.52. The lowest BCUT2D eigenvalue weighted by molar-refractivity contribution is -0.159. The number of hydrogen-bond acceptors (Lipinski definition) is 7. The third-order valence-electron chi connectivity index (χ3n) is 3.01. The van der Waals surface area contributed by atoms with Crippen molar-refractivity contribution in [2.45, 2.75) is 16.5 Å². The summed E-state index contributed by atoms with van der Waals surface area (Å²) in [6.45, 7) is 0. The minimum Gasteiger partial charge on any atom is -0.477 e. The number of fused-ring (bicyclic) bond motifs is 1. The molecule has 3 N–H and O–H groups in total. The van der Waals surface area contributed by atoms with Crippen molar-refractivity contribution >= 4 is 35.4 Å². The molecule has 2 aliphatic rings. The van der Waals surface area contributed by atoms with Crippen LogP contribution in [0.2, 0.25) is 0 Å². The number of H-pyrrole nitrogens is 1. The molecule has 2 atom stereocenters. The van der Waals surface area contributed by atoms with E-state index in [0.717, 1.165) is 0 Å². The molecule has 1 aromatic heterocycles. The van der Waals surface area contributed by atoms with Crippen LogP contribution in [0.5, 0.6) is 0 Å². The highest BCUT2D eigenvalue weighted by atomic mass is 32.2. The molecule has 106 valence electrons. The number of thioether (sulfide) groups is 2. The molecule has 1 aromatic rings. The maximum absolute atomic E-state index is 11.6. The summed E-state index contributed by atoms with van der Waals surface area (Å²) >= 11 is 2.71. The van der Waals surface area contributed by atoms with Crippen LogP contribution >= 0.6 is 23.5 Å². The number of aliphatic carboxylic acids is 1. The molecule has 1 fully saturated rings. The summed E-state index contributed by atoms with van der Waals surface area (Å²) in [6.07, 6.45) is 0.516. The molecule has 0 bridgehead atoms. The summed E-state index contributed by atoms with van der Waals surface area (Å²) < 4.78 is 0. The fourth-order valence-corrected chi connectivity index (χ4v) is 4.26. The molecule has 0 aliphatic carbocycles. The monoisotopic (exact) mass is 314 g/mol. The summed E-state index contributed by atoms with van der Waals surface area (Å²) in [5.41, 5.74) is 0.632. The summed E-state index contributed by atoms with van der Waals surface area (Å²) in [5.74, 6) is -0.819. The number of nitrogens with zero attached hydrogens (tertiary/aromatic N) is 3. The third kappa shape index (κ3) is 2.09. The Morgan fingerprint density at radius 2 is 2.45 bits per heavy atom. The van der Waals surface area contributed by atoms with E-state index in [1.807, 2.05) is 0 Å². The van der Waals surface area contributed by atoms with Crippen LogP contribution in [-0.2, 0) is 9.59 Å². The molecule has 3 heterocycles. The number of aliphatic hydroxyl groups is 1. The van der Waals surface area contributed by atoms with Crippen LogP contribution in [0.25, 0.3) is 0 Å². The number of nitrogens with one attached hydrogen (secondary N) is 1. The van der Waals surface area contributed by atoms with Crippen LogP contribution in [-0.4, -0.2) is 65.4 Å². The van der Waals surface area contributed by atoms with E-state index < -0.39 is 23.4 Å². The van der Waals surface area contributed by atoms with Crippen molar-refractivity contribution in [3.8, 4) is 0 Å². The first kappa shape index (κ1) is 13.5. The number of aromatic amines is 1. The lowest BCUT2D eigenvalue weighted by Crippen LogP contribution is -2.64. The van der Waals surface area contributed by atoms with E-state index in [9.17, 15) is 19.8 Å². The molecule has 0 saturated carbocycles. The van der Waals surface area contributed by atoms with Crippen LogP contribution in [0.1, 0.15) is 0 Å². The molecule has 1 saturated heterocycles. The second-order valence-corrected chi connectivity index (χ2v) is 6.31. The quantitative estimate of drug-likeness (QED) is 0.503. The number of amides is 1. The van der Waals surface area contributed by atoms with Gasteiger partial charge in [-0.05, 0) is 5.57 Å². The fourth-order valence-electron chi connectivity index (χ4n) is 2.06. The van der Waals surface area contributed by atoms with Crippen molar-refractivity contribution in [1.29, 1.82) is 0 Å². The molecule has 3 rings (SSSR count). The Kier molecular flexibility index (Phi) is 3.44. The van der Waals surface area contributed by atoms with Crippen molar-refractivity contribution in [3.63, 3.8) is 0 Å². The summed E-state index contributed by atoms with van der Waals surface area (Å²) in [7, 11) is 0. The standard InChI is InChI=1S/C10H10N4O4S2/c15-7-8(16)14-6(10(17)18)4(3-20-9(7)14)2-19-5-1-11-13-12-5/h1,7,9,15H,2-3H2,(H,17,18)(H,11,12,13)/t7-,9-/m1/s1. The maximum Gasteiger partial charge on any atom is 0.352 e. The van der Waals surface area contributed by atoms with Crippen LogP contribution in [0.4, 0.5) is 0 Å². The second kappa shape index (κ2) is 5.11. The van der Waals surface area contributed by atoms with Gasteiger partial charge in [0.2, 0.25) is 0 Å². The zero-order valence-electron chi connectivity index (χ0n) is 10.0. The van der Waals surface area contributed by atoms with Crippen molar-refractivity contribution in [3.05, 3.63) is 17.5 Å². The summed E-state index contributed by atoms with van der Waals surface area (Å²) in [6, 6.07) is 0. The van der Waals surface area contributed by atoms with Gasteiger partial charge in [-0.1, -0.05) is 17.0 Å². The van der Waals surface area contributed by atoms with Crippen molar-refractivity contribution < 1.29 is 19.8 Å². The van der Waals surface area contributed by atoms with Gasteiger partial charge in [0.25, 0.3) is 5.91 Å². The van der Waals surface area contributed by atoms with Gasteiger partial charge in [0.15, 0.2) is 6.10 Å². The van der Waals surface area contributed by atoms with Gasteiger partial charge < -0.3 is 10.2 Å². The summed E-state index contributed by atoms with van der Waals surface area (Å²) in [5, 5.41) is 29.0. The predicted molar refractivity (Wildman–Crippen MR) is 70.9 cm³/mol. The normalized spacial score (nSPS) is 25.4. The molecule has 0 aromatic carbocycles. The topological polar surface area (TPSA) is 119 Å². The van der Waals surface area contributed by atoms with Gasteiger partial charge in [-0.3, -0.25) is 14.8 Å². The van der Waals surface area contributed by atoms with Gasteiger partial charge >= 0.3 is 5.97 Å². The van der Waals surface area contributed by atoms with E-state index in [4.69, 9.17) is 0 Å². The number of aliphatic hydroxyl groups excluding tert-OH is 1. The van der Waals surface area contributed by atoms with E-state index in [0.29, 0.717) is 22.1 Å². The van der Waals surface area contributed by atoms with Gasteiger partial charge in [-0.2, -0.15) is 0 Å². The molecule has 0 spiro atoms. The zero-order valence-corrected chi connectivity index (χ0v) is 11.6. The largest absolute Gasteiger partial charge is 0.477 e. The average molecular weight is 314 g/mol.